The molecule has 15 nitrogen and oxygen atoms in total. The van der Waals surface area contributed by atoms with Crippen LogP contribution in [0.4, 0.5) is 27.1 Å². The molecule has 0 saturated carbocycles. The molecule has 20 heteroatoms. The smallest absolute Gasteiger partial charge is 0.744 e. The van der Waals surface area contributed by atoms with Gasteiger partial charge in [0.25, 0.3) is 11.4 Å². The summed E-state index contributed by atoms with van der Waals surface area (Å²) in [5.74, 6) is -0.824. The van der Waals surface area contributed by atoms with Crippen molar-refractivity contribution in [2.75, 3.05) is 6.61 Å². The maximum absolute atomic E-state index is 13.8. The van der Waals surface area contributed by atoms with E-state index in [9.17, 15) is 37.6 Å². The van der Waals surface area contributed by atoms with Crippen molar-refractivity contribution in [3.8, 4) is 11.5 Å². The number of benzene rings is 4. The van der Waals surface area contributed by atoms with Crippen LogP contribution >= 0.6 is 0 Å². The molecular weight excluding hydrogens is 649 g/mol. The van der Waals surface area contributed by atoms with Crippen LogP contribution in [0, 0.1) is 26.0 Å². The van der Waals surface area contributed by atoms with Crippen molar-refractivity contribution in [3.05, 3.63) is 98.3 Å². The molecule has 0 unspecified atom stereocenters. The van der Waals surface area contributed by atoms with Crippen LogP contribution in [0.25, 0.3) is 10.8 Å². The summed E-state index contributed by atoms with van der Waals surface area (Å²) in [7, 11) is -4.67. The van der Waals surface area contributed by atoms with Crippen molar-refractivity contribution in [2.24, 2.45) is 10.2 Å². The van der Waals surface area contributed by atoms with Crippen LogP contribution in [0.2, 0.25) is 0 Å². The Balaban J connectivity index is 0.00000337. The molecule has 44 heavy (non-hydrogen) atoms. The number of halogens is 1. The van der Waals surface area contributed by atoms with Crippen molar-refractivity contribution < 1.29 is 105 Å². The second-order valence-electron chi connectivity index (χ2n) is 8.20. The Kier molecular flexibility index (Phi) is 14.1. The zero-order valence-electron chi connectivity index (χ0n) is 22.7. The fourth-order valence-corrected chi connectivity index (χ4v) is 4.33. The fourth-order valence-electron chi connectivity index (χ4n) is 3.84. The van der Waals surface area contributed by atoms with E-state index in [0.29, 0.717) is 22.9 Å². The second-order valence-corrected chi connectivity index (χ2v) is 9.71. The summed E-state index contributed by atoms with van der Waals surface area (Å²) in [6, 6.07) is 13.4. The monoisotopic (exact) mass is 664 g/mol. The van der Waals surface area contributed by atoms with Gasteiger partial charge in [0.05, 0.1) is 39.2 Å². The van der Waals surface area contributed by atoms with E-state index < -0.39 is 42.1 Å². The number of fused-ring (bicyclic) bond motifs is 1. The SMILES string of the molecule is O=[N+]([O-])c1cc(F)cc([N+](=O)[O-])c1CCOc1ccc2cc(OOO[S-])ccc2c1N=Nc1ccc(S(=O)(=O)[O-])cc1.[Na+].[Na+]. The molecule has 4 aromatic carbocycles. The summed E-state index contributed by atoms with van der Waals surface area (Å²) < 4.78 is 57.1. The van der Waals surface area contributed by atoms with Crippen LogP contribution in [0.3, 0.4) is 0 Å². The van der Waals surface area contributed by atoms with E-state index in [2.05, 4.69) is 32.5 Å². The van der Waals surface area contributed by atoms with Gasteiger partial charge in [-0.15, -0.1) is 5.11 Å². The first-order chi connectivity index (χ1) is 20.0. The summed E-state index contributed by atoms with van der Waals surface area (Å²) >= 11 is 4.19. The number of nitrogens with zero attached hydrogens (tertiary/aromatic N) is 4. The zero-order valence-corrected chi connectivity index (χ0v) is 28.4. The van der Waals surface area contributed by atoms with Crippen molar-refractivity contribution >= 4 is 56.5 Å². The van der Waals surface area contributed by atoms with Crippen LogP contribution in [-0.4, -0.2) is 29.4 Å². The van der Waals surface area contributed by atoms with Crippen molar-refractivity contribution in [3.63, 3.8) is 0 Å². The van der Waals surface area contributed by atoms with Gasteiger partial charge in [0.2, 0.25) is 0 Å². The van der Waals surface area contributed by atoms with Gasteiger partial charge in [-0.2, -0.15) is 5.11 Å². The fraction of sp³-hybridized carbons (Fsp3) is 0.0833. The number of hydrogen-bond acceptors (Lipinski definition) is 14. The Morgan fingerprint density at radius 2 is 1.52 bits per heavy atom. The van der Waals surface area contributed by atoms with Crippen molar-refractivity contribution in [1.29, 1.82) is 0 Å². The van der Waals surface area contributed by atoms with Gasteiger partial charge in [-0.3, -0.25) is 20.2 Å². The topological polar surface area (TPSA) is 205 Å². The van der Waals surface area contributed by atoms with Gasteiger partial charge in [0.15, 0.2) is 5.75 Å². The Morgan fingerprint density at radius 3 is 2.09 bits per heavy atom. The molecule has 0 aromatic heterocycles. The maximum Gasteiger partial charge on any atom is 1.00 e. The molecule has 0 bridgehead atoms. The number of nitro benzene ring substituents is 2. The Hall–Kier alpha value is -2.75. The minimum Gasteiger partial charge on any atom is -0.744 e. The van der Waals surface area contributed by atoms with E-state index in [1.54, 1.807) is 12.1 Å². The van der Waals surface area contributed by atoms with E-state index in [0.717, 1.165) is 12.1 Å². The molecule has 4 rings (SSSR count). The maximum atomic E-state index is 13.8. The van der Waals surface area contributed by atoms with E-state index in [1.165, 1.54) is 30.3 Å². The van der Waals surface area contributed by atoms with Gasteiger partial charge in [-0.05, 0) is 59.0 Å². The summed E-state index contributed by atoms with van der Waals surface area (Å²) in [6.45, 7) is -0.317. The third-order valence-corrected chi connectivity index (χ3v) is 6.55. The first-order valence-electron chi connectivity index (χ1n) is 11.4. The van der Waals surface area contributed by atoms with Crippen LogP contribution in [0.1, 0.15) is 5.56 Å². The molecule has 0 aliphatic rings. The number of hydrogen-bond donors (Lipinski definition) is 0. The van der Waals surface area contributed by atoms with Gasteiger partial charge >= 0.3 is 59.1 Å². The third-order valence-electron chi connectivity index (χ3n) is 5.65. The van der Waals surface area contributed by atoms with E-state index in [1.807, 2.05) is 0 Å². The summed E-state index contributed by atoms with van der Waals surface area (Å²) in [5, 5.41) is 36.4. The molecule has 0 aliphatic carbocycles. The Labute approximate surface area is 297 Å². The van der Waals surface area contributed by atoms with Gasteiger partial charge in [-0.25, -0.2) is 12.8 Å². The molecular formula is C24H15FN4Na2O11S2. The van der Waals surface area contributed by atoms with E-state index in [4.69, 9.17) is 9.62 Å². The van der Waals surface area contributed by atoms with Gasteiger partial charge < -0.3 is 31.4 Å². The van der Waals surface area contributed by atoms with Crippen LogP contribution in [0.5, 0.6) is 11.5 Å². The van der Waals surface area contributed by atoms with Gasteiger partial charge in [0.1, 0.15) is 32.9 Å². The minimum absolute atomic E-state index is 0. The molecule has 0 atom stereocenters. The molecule has 0 radical (unpaired) electrons. The minimum atomic E-state index is -4.67. The van der Waals surface area contributed by atoms with Crippen LogP contribution in [0.15, 0.2) is 81.9 Å². The van der Waals surface area contributed by atoms with Crippen molar-refractivity contribution in [2.45, 2.75) is 11.3 Å². The number of azo groups is 1. The first kappa shape index (κ1) is 37.4. The normalized spacial score (nSPS) is 11.1. The van der Waals surface area contributed by atoms with Crippen LogP contribution < -0.4 is 68.7 Å². The standard InChI is InChI=1S/C24H17FN4O11S2.2Na/c25-15-12-21(28(30)31)20(22(13-15)29(32)33)9-10-37-23-8-1-14-11-17(38-39-40-41)4-7-19(14)24(23)27-26-16-2-5-18(6-3-16)42(34,35)36;;/h1-8,11-13,41H,9-10H2,(H,34,35,36);;/q;2*+1/p-2. The molecule has 0 amide bonds. The third kappa shape index (κ3) is 9.38. The number of rotatable bonds is 12. The van der Waals surface area contributed by atoms with Gasteiger partial charge in [-0.1, -0.05) is 6.07 Å². The average Bonchev–Trinajstić information content (AvgIpc) is 2.95. The summed E-state index contributed by atoms with van der Waals surface area (Å²) in [5.41, 5.74) is -1.56. The first-order valence-corrected chi connectivity index (χ1v) is 13.1. The second kappa shape index (κ2) is 16.5. The predicted molar refractivity (Wildman–Crippen MR) is 142 cm³/mol. The zero-order chi connectivity index (χ0) is 30.4. The van der Waals surface area contributed by atoms with Crippen LogP contribution in [-0.2, 0) is 38.8 Å². The molecule has 0 aliphatic heterocycles. The summed E-state index contributed by atoms with van der Waals surface area (Å²) in [4.78, 5) is 25.4. The van der Waals surface area contributed by atoms with Crippen molar-refractivity contribution in [1.82, 2.24) is 0 Å². The molecule has 0 fully saturated rings. The molecule has 0 spiro atoms. The average molecular weight is 665 g/mol. The molecule has 4 aromatic rings. The van der Waals surface area contributed by atoms with Gasteiger partial charge in [0, 0.05) is 11.8 Å². The Bertz CT molecular complexity index is 1780. The predicted octanol–water partition coefficient (Wildman–Crippen LogP) is -0.552. The molecule has 0 heterocycles. The molecule has 0 saturated heterocycles. The number of nitro groups is 2. The quantitative estimate of drug-likeness (QED) is 0.0356. The van der Waals surface area contributed by atoms with E-state index in [-0.39, 0.29) is 101 Å². The largest absolute Gasteiger partial charge is 1.00 e. The summed E-state index contributed by atoms with van der Waals surface area (Å²) in [6.07, 6.45) is -0.335. The molecule has 0 N–H and O–H groups in total. The Morgan fingerprint density at radius 1 is 0.886 bits per heavy atom. The number of ether oxygens (including phenoxy) is 1. The van der Waals surface area contributed by atoms with E-state index >= 15 is 0 Å². The molecule has 218 valence electrons.